The van der Waals surface area contributed by atoms with Gasteiger partial charge in [0.1, 0.15) is 5.75 Å². The van der Waals surface area contributed by atoms with Gasteiger partial charge in [0.15, 0.2) is 0 Å². The van der Waals surface area contributed by atoms with Gasteiger partial charge in [0, 0.05) is 19.6 Å². The standard InChI is InChI=1S/C17H24N2O4/c1-23-15-6-4-13(5-7-15)11-14-3-2-10-19(12-14)17(22)18-9-8-16(20)21/h4-7,14H,2-3,8-12H2,1H3,(H,18,22)(H,20,21). The van der Waals surface area contributed by atoms with Gasteiger partial charge >= 0.3 is 12.0 Å². The van der Waals surface area contributed by atoms with Crippen molar-refractivity contribution in [3.05, 3.63) is 29.8 Å². The molecule has 2 amide bonds. The Bertz CT molecular complexity index is 530. The number of carboxylic acids is 1. The molecule has 126 valence electrons. The molecule has 0 aromatic heterocycles. The first-order valence-corrected chi connectivity index (χ1v) is 7.96. The second-order valence-corrected chi connectivity index (χ2v) is 5.88. The number of likely N-dealkylation sites (tertiary alicyclic amines) is 1. The SMILES string of the molecule is COc1ccc(CC2CCCN(C(=O)NCCC(=O)O)C2)cc1. The van der Waals surface area contributed by atoms with Crippen LogP contribution in [0.4, 0.5) is 4.79 Å². The summed E-state index contributed by atoms with van der Waals surface area (Å²) >= 11 is 0. The molecule has 1 heterocycles. The minimum absolute atomic E-state index is 0.0468. The lowest BCUT2D eigenvalue weighted by molar-refractivity contribution is -0.136. The molecule has 6 heteroatoms. The number of aliphatic carboxylic acids is 1. The number of carbonyl (C=O) groups is 2. The number of piperidine rings is 1. The Morgan fingerprint density at radius 3 is 2.74 bits per heavy atom. The van der Waals surface area contributed by atoms with Crippen molar-refractivity contribution < 1.29 is 19.4 Å². The van der Waals surface area contributed by atoms with Crippen molar-refractivity contribution in [3.63, 3.8) is 0 Å². The van der Waals surface area contributed by atoms with Crippen LogP contribution in [0.15, 0.2) is 24.3 Å². The monoisotopic (exact) mass is 320 g/mol. The Hall–Kier alpha value is -2.24. The molecule has 1 aliphatic rings. The Morgan fingerprint density at radius 1 is 1.35 bits per heavy atom. The van der Waals surface area contributed by atoms with Crippen LogP contribution >= 0.6 is 0 Å². The summed E-state index contributed by atoms with van der Waals surface area (Å²) in [7, 11) is 1.65. The second-order valence-electron chi connectivity index (χ2n) is 5.88. The molecule has 6 nitrogen and oxygen atoms in total. The van der Waals surface area contributed by atoms with Crippen LogP contribution < -0.4 is 10.1 Å². The Balaban J connectivity index is 1.82. The number of nitrogens with zero attached hydrogens (tertiary/aromatic N) is 1. The minimum atomic E-state index is -0.902. The molecule has 1 aromatic rings. The number of carboxylic acid groups (broad SMARTS) is 1. The van der Waals surface area contributed by atoms with Crippen LogP contribution in [0.3, 0.4) is 0 Å². The van der Waals surface area contributed by atoms with E-state index in [1.807, 2.05) is 12.1 Å². The van der Waals surface area contributed by atoms with Crippen molar-refractivity contribution in [2.24, 2.45) is 5.92 Å². The Kier molecular flexibility index (Phi) is 6.26. The van der Waals surface area contributed by atoms with Gasteiger partial charge in [0.05, 0.1) is 13.5 Å². The lowest BCUT2D eigenvalue weighted by Gasteiger charge is -2.33. The summed E-state index contributed by atoms with van der Waals surface area (Å²) in [6.45, 7) is 1.62. The summed E-state index contributed by atoms with van der Waals surface area (Å²) in [5, 5.41) is 11.3. The van der Waals surface area contributed by atoms with Gasteiger partial charge in [0.25, 0.3) is 0 Å². The van der Waals surface area contributed by atoms with E-state index < -0.39 is 5.97 Å². The quantitative estimate of drug-likeness (QED) is 0.841. The van der Waals surface area contributed by atoms with E-state index in [4.69, 9.17) is 9.84 Å². The van der Waals surface area contributed by atoms with E-state index in [9.17, 15) is 9.59 Å². The number of amides is 2. The van der Waals surface area contributed by atoms with Gasteiger partial charge < -0.3 is 20.1 Å². The van der Waals surface area contributed by atoms with Crippen LogP contribution in [0.1, 0.15) is 24.8 Å². The number of rotatable bonds is 6. The number of benzene rings is 1. The fraction of sp³-hybridized carbons (Fsp3) is 0.529. The topological polar surface area (TPSA) is 78.9 Å². The van der Waals surface area contributed by atoms with Crippen LogP contribution in [-0.4, -0.2) is 48.8 Å². The molecule has 2 N–H and O–H groups in total. The molecule has 1 saturated heterocycles. The molecule has 2 rings (SSSR count). The van der Waals surface area contributed by atoms with Crippen molar-refractivity contribution >= 4 is 12.0 Å². The molecule has 1 aliphatic heterocycles. The van der Waals surface area contributed by atoms with Gasteiger partial charge in [-0.15, -0.1) is 0 Å². The summed E-state index contributed by atoms with van der Waals surface area (Å²) in [6.07, 6.45) is 2.97. The van der Waals surface area contributed by atoms with Crippen LogP contribution in [0.25, 0.3) is 0 Å². The lowest BCUT2D eigenvalue weighted by Crippen LogP contribution is -2.46. The molecule has 0 aliphatic carbocycles. The van der Waals surface area contributed by atoms with Gasteiger partial charge in [-0.2, -0.15) is 0 Å². The molecule has 0 bridgehead atoms. The fourth-order valence-corrected chi connectivity index (χ4v) is 2.90. The minimum Gasteiger partial charge on any atom is -0.497 e. The maximum atomic E-state index is 12.1. The molecular formula is C17H24N2O4. The lowest BCUT2D eigenvalue weighted by atomic mass is 9.91. The van der Waals surface area contributed by atoms with Crippen molar-refractivity contribution in [2.45, 2.75) is 25.7 Å². The van der Waals surface area contributed by atoms with Crippen LogP contribution in [0, 0.1) is 5.92 Å². The number of urea groups is 1. The highest BCUT2D eigenvalue weighted by Gasteiger charge is 2.23. The van der Waals surface area contributed by atoms with Crippen LogP contribution in [0.2, 0.25) is 0 Å². The third-order valence-corrected chi connectivity index (χ3v) is 4.10. The molecule has 0 radical (unpaired) electrons. The molecule has 1 aromatic carbocycles. The Morgan fingerprint density at radius 2 is 2.09 bits per heavy atom. The van der Waals surface area contributed by atoms with Gasteiger partial charge in [-0.1, -0.05) is 12.1 Å². The fourth-order valence-electron chi connectivity index (χ4n) is 2.90. The van der Waals surface area contributed by atoms with Gasteiger partial charge in [-0.3, -0.25) is 4.79 Å². The zero-order chi connectivity index (χ0) is 16.7. The first-order chi connectivity index (χ1) is 11.1. The van der Waals surface area contributed by atoms with Crippen molar-refractivity contribution in [1.82, 2.24) is 10.2 Å². The molecule has 1 unspecified atom stereocenters. The van der Waals surface area contributed by atoms with Crippen LogP contribution in [-0.2, 0) is 11.2 Å². The van der Waals surface area contributed by atoms with E-state index in [1.165, 1.54) is 5.56 Å². The van der Waals surface area contributed by atoms with E-state index in [0.29, 0.717) is 12.5 Å². The van der Waals surface area contributed by atoms with Crippen LogP contribution in [0.5, 0.6) is 5.75 Å². The van der Waals surface area contributed by atoms with E-state index in [-0.39, 0.29) is 19.0 Å². The van der Waals surface area contributed by atoms with E-state index in [1.54, 1.807) is 12.0 Å². The predicted octanol–water partition coefficient (Wildman–Crippen LogP) is 2.13. The summed E-state index contributed by atoms with van der Waals surface area (Å²) in [6, 6.07) is 7.86. The highest BCUT2D eigenvalue weighted by atomic mass is 16.5. The van der Waals surface area contributed by atoms with E-state index >= 15 is 0 Å². The smallest absolute Gasteiger partial charge is 0.317 e. The zero-order valence-electron chi connectivity index (χ0n) is 13.5. The second kappa shape index (κ2) is 8.41. The van der Waals surface area contributed by atoms with Gasteiger partial charge in [-0.25, -0.2) is 4.79 Å². The number of nitrogens with one attached hydrogen (secondary N) is 1. The summed E-state index contributed by atoms with van der Waals surface area (Å²) in [4.78, 5) is 24.3. The first kappa shape index (κ1) is 17.1. The number of hydrogen-bond acceptors (Lipinski definition) is 3. The van der Waals surface area contributed by atoms with Gasteiger partial charge in [0.2, 0.25) is 0 Å². The third-order valence-electron chi connectivity index (χ3n) is 4.10. The van der Waals surface area contributed by atoms with E-state index in [2.05, 4.69) is 17.4 Å². The largest absolute Gasteiger partial charge is 0.497 e. The van der Waals surface area contributed by atoms with Gasteiger partial charge in [-0.05, 0) is 42.9 Å². The number of carbonyl (C=O) groups excluding carboxylic acids is 1. The molecule has 23 heavy (non-hydrogen) atoms. The average Bonchev–Trinajstić information content (AvgIpc) is 2.55. The summed E-state index contributed by atoms with van der Waals surface area (Å²) < 4.78 is 5.16. The molecule has 1 atom stereocenters. The highest BCUT2D eigenvalue weighted by molar-refractivity contribution is 5.75. The maximum Gasteiger partial charge on any atom is 0.317 e. The number of methoxy groups -OCH3 is 1. The summed E-state index contributed by atoms with van der Waals surface area (Å²) in [5.74, 6) is 0.375. The maximum absolute atomic E-state index is 12.1. The number of hydrogen-bond donors (Lipinski definition) is 2. The normalized spacial score (nSPS) is 17.6. The van der Waals surface area contributed by atoms with Crippen molar-refractivity contribution in [2.75, 3.05) is 26.7 Å². The summed E-state index contributed by atoms with van der Waals surface area (Å²) in [5.41, 5.74) is 1.24. The number of ether oxygens (including phenoxy) is 1. The zero-order valence-corrected chi connectivity index (χ0v) is 13.5. The van der Waals surface area contributed by atoms with Crippen molar-refractivity contribution in [3.8, 4) is 5.75 Å². The molecular weight excluding hydrogens is 296 g/mol. The molecule has 0 spiro atoms. The first-order valence-electron chi connectivity index (χ1n) is 7.96. The predicted molar refractivity (Wildman–Crippen MR) is 86.6 cm³/mol. The van der Waals surface area contributed by atoms with E-state index in [0.717, 1.165) is 31.6 Å². The molecule has 0 saturated carbocycles. The highest BCUT2D eigenvalue weighted by Crippen LogP contribution is 2.22. The third kappa shape index (κ3) is 5.47. The van der Waals surface area contributed by atoms with Crippen molar-refractivity contribution in [1.29, 1.82) is 0 Å². The average molecular weight is 320 g/mol. The molecule has 1 fully saturated rings. The Labute approximate surface area is 136 Å².